The van der Waals surface area contributed by atoms with Crippen LogP contribution in [0.2, 0.25) is 0 Å². The first kappa shape index (κ1) is 14.1. The van der Waals surface area contributed by atoms with Gasteiger partial charge in [0.15, 0.2) is 0 Å². The topological polar surface area (TPSA) is 9.23 Å². The molecule has 2 aromatic carbocycles. The van der Waals surface area contributed by atoms with Gasteiger partial charge in [-0.2, -0.15) is 0 Å². The van der Waals surface area contributed by atoms with Crippen LogP contribution in [-0.4, -0.2) is 0 Å². The molecular weight excluding hydrogens is 307 g/mol. The summed E-state index contributed by atoms with van der Waals surface area (Å²) in [5.74, 6) is 1.04. The maximum atomic E-state index is 13.2. The molecular formula is C16H16BrFO. The van der Waals surface area contributed by atoms with Crippen LogP contribution in [0.15, 0.2) is 46.9 Å². The van der Waals surface area contributed by atoms with Crippen molar-refractivity contribution in [2.24, 2.45) is 0 Å². The predicted molar refractivity (Wildman–Crippen MR) is 79.0 cm³/mol. The van der Waals surface area contributed by atoms with Gasteiger partial charge in [0.2, 0.25) is 0 Å². The van der Waals surface area contributed by atoms with Crippen LogP contribution >= 0.6 is 15.9 Å². The Bertz CT molecular complexity index is 529. The summed E-state index contributed by atoms with van der Waals surface area (Å²) in [5.41, 5.74) is 2.08. The van der Waals surface area contributed by atoms with Gasteiger partial charge in [-0.1, -0.05) is 41.9 Å². The van der Waals surface area contributed by atoms with E-state index in [1.54, 1.807) is 0 Å². The van der Waals surface area contributed by atoms with Gasteiger partial charge in [0, 0.05) is 4.47 Å². The van der Waals surface area contributed by atoms with Crippen molar-refractivity contribution in [3.63, 3.8) is 0 Å². The highest BCUT2D eigenvalue weighted by Crippen LogP contribution is 2.20. The summed E-state index contributed by atoms with van der Waals surface area (Å²) in [7, 11) is 0. The third-order valence-electron chi connectivity index (χ3n) is 2.87. The van der Waals surface area contributed by atoms with Gasteiger partial charge in [-0.3, -0.25) is 0 Å². The molecule has 0 heterocycles. The minimum absolute atomic E-state index is 0.261. The van der Waals surface area contributed by atoms with Gasteiger partial charge in [-0.05, 0) is 47.4 Å². The van der Waals surface area contributed by atoms with E-state index in [4.69, 9.17) is 4.74 Å². The van der Waals surface area contributed by atoms with Gasteiger partial charge in [0.05, 0.1) is 0 Å². The number of halogens is 2. The lowest BCUT2D eigenvalue weighted by Crippen LogP contribution is -1.96. The van der Waals surface area contributed by atoms with Gasteiger partial charge >= 0.3 is 0 Å². The molecule has 0 bridgehead atoms. The van der Waals surface area contributed by atoms with E-state index in [9.17, 15) is 4.39 Å². The van der Waals surface area contributed by atoms with Crippen molar-refractivity contribution in [2.75, 3.05) is 0 Å². The van der Waals surface area contributed by atoms with Crippen LogP contribution in [-0.2, 0) is 6.61 Å². The van der Waals surface area contributed by atoms with Crippen LogP contribution in [0.1, 0.15) is 30.9 Å². The normalized spacial score (nSPS) is 10.8. The van der Waals surface area contributed by atoms with E-state index in [-0.39, 0.29) is 5.82 Å². The fourth-order valence-corrected chi connectivity index (χ4v) is 2.32. The Morgan fingerprint density at radius 2 is 1.79 bits per heavy atom. The minimum Gasteiger partial charge on any atom is -0.489 e. The minimum atomic E-state index is -0.261. The Balaban J connectivity index is 2.02. The van der Waals surface area contributed by atoms with Crippen molar-refractivity contribution in [2.45, 2.75) is 26.4 Å². The second kappa shape index (κ2) is 6.20. The van der Waals surface area contributed by atoms with Gasteiger partial charge in [-0.25, -0.2) is 4.39 Å². The zero-order chi connectivity index (χ0) is 13.8. The third kappa shape index (κ3) is 4.06. The first-order chi connectivity index (χ1) is 9.04. The number of rotatable bonds is 4. The number of hydrogen-bond donors (Lipinski definition) is 0. The molecule has 0 aliphatic rings. The standard InChI is InChI=1S/C16H16BrFO/c1-11(2)13-3-5-16(6-4-13)19-10-12-7-14(17)9-15(18)8-12/h3-9,11H,10H2,1-2H3. The predicted octanol–water partition coefficient (Wildman–Crippen LogP) is 5.29. The van der Waals surface area contributed by atoms with E-state index in [0.29, 0.717) is 12.5 Å². The molecule has 0 N–H and O–H groups in total. The van der Waals surface area contributed by atoms with Gasteiger partial charge in [0.1, 0.15) is 18.2 Å². The molecule has 0 aliphatic carbocycles. The van der Waals surface area contributed by atoms with Crippen LogP contribution in [0.25, 0.3) is 0 Å². The number of benzene rings is 2. The van der Waals surface area contributed by atoms with Crippen molar-refractivity contribution >= 4 is 15.9 Å². The SMILES string of the molecule is CC(C)c1ccc(OCc2cc(F)cc(Br)c2)cc1. The van der Waals surface area contributed by atoms with Crippen molar-refractivity contribution in [1.29, 1.82) is 0 Å². The summed E-state index contributed by atoms with van der Waals surface area (Å²) in [6, 6.07) is 12.8. The summed E-state index contributed by atoms with van der Waals surface area (Å²) in [4.78, 5) is 0. The summed E-state index contributed by atoms with van der Waals surface area (Å²) in [6.45, 7) is 4.66. The summed E-state index contributed by atoms with van der Waals surface area (Å²) >= 11 is 3.27. The van der Waals surface area contributed by atoms with Crippen LogP contribution in [0.3, 0.4) is 0 Å². The molecule has 3 heteroatoms. The van der Waals surface area contributed by atoms with Gasteiger partial charge in [0.25, 0.3) is 0 Å². The van der Waals surface area contributed by atoms with E-state index in [1.165, 1.54) is 17.7 Å². The number of hydrogen-bond acceptors (Lipinski definition) is 1. The molecule has 0 unspecified atom stereocenters. The molecule has 19 heavy (non-hydrogen) atoms. The van der Waals surface area contributed by atoms with E-state index < -0.39 is 0 Å². The monoisotopic (exact) mass is 322 g/mol. The molecule has 0 radical (unpaired) electrons. The first-order valence-electron chi connectivity index (χ1n) is 6.22. The fraction of sp³-hybridized carbons (Fsp3) is 0.250. The highest BCUT2D eigenvalue weighted by Gasteiger charge is 2.02. The molecule has 1 nitrogen and oxygen atoms in total. The highest BCUT2D eigenvalue weighted by molar-refractivity contribution is 9.10. The van der Waals surface area contributed by atoms with E-state index in [0.717, 1.165) is 15.8 Å². The Morgan fingerprint density at radius 3 is 2.37 bits per heavy atom. The molecule has 0 atom stereocenters. The lowest BCUT2D eigenvalue weighted by atomic mass is 10.0. The van der Waals surface area contributed by atoms with Crippen LogP contribution < -0.4 is 4.74 Å². The molecule has 100 valence electrons. The zero-order valence-electron chi connectivity index (χ0n) is 11.0. The lowest BCUT2D eigenvalue weighted by Gasteiger charge is -2.09. The molecule has 2 aromatic rings. The second-order valence-electron chi connectivity index (χ2n) is 4.79. The van der Waals surface area contributed by atoms with E-state index >= 15 is 0 Å². The van der Waals surface area contributed by atoms with Crippen molar-refractivity contribution in [3.8, 4) is 5.75 Å². The molecule has 0 fully saturated rings. The average Bonchev–Trinajstić information content (AvgIpc) is 2.36. The highest BCUT2D eigenvalue weighted by atomic mass is 79.9. The van der Waals surface area contributed by atoms with Crippen LogP contribution in [0.5, 0.6) is 5.75 Å². The molecule has 0 aliphatic heterocycles. The maximum Gasteiger partial charge on any atom is 0.124 e. The molecule has 0 aromatic heterocycles. The van der Waals surface area contributed by atoms with E-state index in [1.807, 2.05) is 18.2 Å². The van der Waals surface area contributed by atoms with Crippen LogP contribution in [0.4, 0.5) is 4.39 Å². The fourth-order valence-electron chi connectivity index (χ4n) is 1.81. The molecule has 0 amide bonds. The maximum absolute atomic E-state index is 13.2. The Hall–Kier alpha value is -1.35. The average molecular weight is 323 g/mol. The van der Waals surface area contributed by atoms with Crippen molar-refractivity contribution in [1.82, 2.24) is 0 Å². The first-order valence-corrected chi connectivity index (χ1v) is 7.01. The summed E-state index contributed by atoms with van der Waals surface area (Å²) < 4.78 is 19.6. The van der Waals surface area contributed by atoms with E-state index in [2.05, 4.69) is 41.9 Å². The zero-order valence-corrected chi connectivity index (χ0v) is 12.6. The molecule has 0 saturated carbocycles. The van der Waals surface area contributed by atoms with Gasteiger partial charge in [-0.15, -0.1) is 0 Å². The molecule has 0 saturated heterocycles. The quantitative estimate of drug-likeness (QED) is 0.743. The third-order valence-corrected chi connectivity index (χ3v) is 3.33. The van der Waals surface area contributed by atoms with Crippen LogP contribution in [0, 0.1) is 5.82 Å². The lowest BCUT2D eigenvalue weighted by molar-refractivity contribution is 0.305. The van der Waals surface area contributed by atoms with Gasteiger partial charge < -0.3 is 4.74 Å². The Morgan fingerprint density at radius 1 is 1.11 bits per heavy atom. The molecule has 0 spiro atoms. The summed E-state index contributed by atoms with van der Waals surface area (Å²) in [6.07, 6.45) is 0. The Kier molecular flexibility index (Phi) is 4.59. The number of ether oxygens (including phenoxy) is 1. The second-order valence-corrected chi connectivity index (χ2v) is 5.71. The van der Waals surface area contributed by atoms with Crippen molar-refractivity contribution < 1.29 is 9.13 Å². The van der Waals surface area contributed by atoms with Crippen molar-refractivity contribution in [3.05, 3.63) is 63.9 Å². The largest absolute Gasteiger partial charge is 0.489 e. The molecule has 2 rings (SSSR count). The Labute approximate surface area is 121 Å². The smallest absolute Gasteiger partial charge is 0.124 e. The summed E-state index contributed by atoms with van der Waals surface area (Å²) in [5, 5.41) is 0.